The third kappa shape index (κ3) is 3.93. The maximum atomic E-state index is 12.2. The number of nitrogens with one attached hydrogen (secondary N) is 2. The second-order valence-corrected chi connectivity index (χ2v) is 6.66. The van der Waals surface area contributed by atoms with E-state index in [1.54, 1.807) is 34.7 Å². The minimum atomic E-state index is -0.754. The summed E-state index contributed by atoms with van der Waals surface area (Å²) in [5.41, 5.74) is 0.862. The highest BCUT2D eigenvalue weighted by Crippen LogP contribution is 2.26. The van der Waals surface area contributed by atoms with Gasteiger partial charge in [0.2, 0.25) is 0 Å². The van der Waals surface area contributed by atoms with Crippen LogP contribution in [0, 0.1) is 0 Å². The van der Waals surface area contributed by atoms with Crippen molar-refractivity contribution in [3.63, 3.8) is 0 Å². The van der Waals surface area contributed by atoms with Gasteiger partial charge in [-0.05, 0) is 26.7 Å². The topological polar surface area (TPSA) is 103 Å². The molecule has 26 heavy (non-hydrogen) atoms. The SMILES string of the molecule is CC(C)n1nccc1NC(=O)C(=O)Nc1cc(C2CCCOC2)nn1C. The number of carbonyl (C=O) groups is 2. The standard InChI is InChI=1S/C17H24N6O3/c1-11(2)23-14(6-7-18-23)19-16(24)17(25)20-15-9-13(21-22(15)3)12-5-4-8-26-10-12/h6-7,9,11-12H,4-5,8,10H2,1-3H3,(H,19,24)(H,20,25). The number of hydrogen-bond donors (Lipinski definition) is 2. The highest BCUT2D eigenvalue weighted by molar-refractivity contribution is 6.43. The number of aromatic nitrogens is 4. The predicted octanol–water partition coefficient (Wildman–Crippen LogP) is 1.67. The molecule has 0 saturated carbocycles. The summed E-state index contributed by atoms with van der Waals surface area (Å²) >= 11 is 0. The highest BCUT2D eigenvalue weighted by atomic mass is 16.5. The second-order valence-electron chi connectivity index (χ2n) is 6.66. The molecular formula is C17H24N6O3. The van der Waals surface area contributed by atoms with Crippen LogP contribution in [0.5, 0.6) is 0 Å². The summed E-state index contributed by atoms with van der Waals surface area (Å²) in [6, 6.07) is 3.51. The van der Waals surface area contributed by atoms with E-state index < -0.39 is 11.8 Å². The monoisotopic (exact) mass is 360 g/mol. The van der Waals surface area contributed by atoms with Crippen LogP contribution < -0.4 is 10.6 Å². The summed E-state index contributed by atoms with van der Waals surface area (Å²) in [6.07, 6.45) is 3.58. The van der Waals surface area contributed by atoms with Gasteiger partial charge in [-0.3, -0.25) is 14.3 Å². The van der Waals surface area contributed by atoms with Crippen molar-refractivity contribution in [1.29, 1.82) is 0 Å². The number of rotatable bonds is 4. The van der Waals surface area contributed by atoms with Gasteiger partial charge < -0.3 is 15.4 Å². The fourth-order valence-electron chi connectivity index (χ4n) is 2.95. The molecule has 3 heterocycles. The van der Waals surface area contributed by atoms with E-state index in [0.29, 0.717) is 18.2 Å². The van der Waals surface area contributed by atoms with Crippen molar-refractivity contribution in [2.75, 3.05) is 23.8 Å². The van der Waals surface area contributed by atoms with Gasteiger partial charge >= 0.3 is 11.8 Å². The molecule has 9 nitrogen and oxygen atoms in total. The van der Waals surface area contributed by atoms with E-state index in [4.69, 9.17) is 4.74 Å². The predicted molar refractivity (Wildman–Crippen MR) is 95.9 cm³/mol. The van der Waals surface area contributed by atoms with Gasteiger partial charge in [0.15, 0.2) is 0 Å². The minimum Gasteiger partial charge on any atom is -0.381 e. The molecule has 2 aromatic rings. The largest absolute Gasteiger partial charge is 0.381 e. The first-order chi connectivity index (χ1) is 12.5. The first-order valence-electron chi connectivity index (χ1n) is 8.73. The Kier molecular flexibility index (Phi) is 5.36. The number of ether oxygens (including phenoxy) is 1. The van der Waals surface area contributed by atoms with Crippen LogP contribution in [0.25, 0.3) is 0 Å². The van der Waals surface area contributed by atoms with E-state index in [1.165, 1.54) is 0 Å². The van der Waals surface area contributed by atoms with Gasteiger partial charge in [-0.15, -0.1) is 0 Å². The smallest absolute Gasteiger partial charge is 0.315 e. The van der Waals surface area contributed by atoms with Gasteiger partial charge in [0.25, 0.3) is 0 Å². The molecule has 1 aliphatic heterocycles. The third-order valence-corrected chi connectivity index (χ3v) is 4.33. The molecule has 1 fully saturated rings. The van der Waals surface area contributed by atoms with Gasteiger partial charge in [0.1, 0.15) is 11.6 Å². The fraction of sp³-hybridized carbons (Fsp3) is 0.529. The number of anilines is 2. The van der Waals surface area contributed by atoms with Crippen LogP contribution >= 0.6 is 0 Å². The van der Waals surface area contributed by atoms with E-state index in [2.05, 4.69) is 20.8 Å². The van der Waals surface area contributed by atoms with Crippen molar-refractivity contribution in [2.45, 2.75) is 38.6 Å². The normalized spacial score (nSPS) is 17.3. The van der Waals surface area contributed by atoms with Crippen molar-refractivity contribution in [3.05, 3.63) is 24.0 Å². The molecule has 9 heteroatoms. The summed E-state index contributed by atoms with van der Waals surface area (Å²) in [5.74, 6) is -0.338. The molecule has 3 rings (SSSR count). The van der Waals surface area contributed by atoms with Crippen molar-refractivity contribution in [1.82, 2.24) is 19.6 Å². The number of nitrogens with zero attached hydrogens (tertiary/aromatic N) is 4. The van der Waals surface area contributed by atoms with Gasteiger partial charge in [-0.2, -0.15) is 10.2 Å². The maximum Gasteiger partial charge on any atom is 0.315 e. The Morgan fingerprint density at radius 3 is 2.65 bits per heavy atom. The number of hydrogen-bond acceptors (Lipinski definition) is 5. The maximum absolute atomic E-state index is 12.2. The van der Waals surface area contributed by atoms with E-state index >= 15 is 0 Å². The van der Waals surface area contributed by atoms with Crippen molar-refractivity contribution in [2.24, 2.45) is 7.05 Å². The van der Waals surface area contributed by atoms with E-state index in [1.807, 2.05) is 13.8 Å². The van der Waals surface area contributed by atoms with Crippen LogP contribution in [0.3, 0.4) is 0 Å². The Bertz CT molecular complexity index is 788. The lowest BCUT2D eigenvalue weighted by atomic mass is 9.99. The number of carbonyl (C=O) groups excluding carboxylic acids is 2. The molecule has 1 atom stereocenters. The lowest BCUT2D eigenvalue weighted by Crippen LogP contribution is -2.30. The molecule has 2 aromatic heterocycles. The first-order valence-corrected chi connectivity index (χ1v) is 8.73. The molecule has 0 radical (unpaired) electrons. The lowest BCUT2D eigenvalue weighted by Gasteiger charge is -2.19. The molecule has 2 amide bonds. The number of aryl methyl sites for hydroxylation is 1. The molecule has 0 aliphatic carbocycles. The third-order valence-electron chi connectivity index (χ3n) is 4.33. The fourth-order valence-corrected chi connectivity index (χ4v) is 2.95. The average molecular weight is 360 g/mol. The van der Waals surface area contributed by atoms with Crippen LogP contribution in [-0.2, 0) is 21.4 Å². The van der Waals surface area contributed by atoms with Crippen LogP contribution in [0.4, 0.5) is 11.6 Å². The van der Waals surface area contributed by atoms with Crippen LogP contribution in [-0.4, -0.2) is 44.6 Å². The van der Waals surface area contributed by atoms with E-state index in [-0.39, 0.29) is 12.0 Å². The van der Waals surface area contributed by atoms with Gasteiger partial charge in [-0.25, -0.2) is 4.68 Å². The summed E-state index contributed by atoms with van der Waals surface area (Å²) < 4.78 is 8.68. The van der Waals surface area contributed by atoms with Crippen LogP contribution in [0.1, 0.15) is 44.3 Å². The second kappa shape index (κ2) is 7.69. The molecule has 2 N–H and O–H groups in total. The number of amides is 2. The van der Waals surface area contributed by atoms with E-state index in [9.17, 15) is 9.59 Å². The molecule has 1 aliphatic rings. The Morgan fingerprint density at radius 1 is 1.27 bits per heavy atom. The molecular weight excluding hydrogens is 336 g/mol. The molecule has 0 spiro atoms. The highest BCUT2D eigenvalue weighted by Gasteiger charge is 2.22. The Hall–Kier alpha value is -2.68. The van der Waals surface area contributed by atoms with Gasteiger partial charge in [-0.1, -0.05) is 0 Å². The zero-order chi connectivity index (χ0) is 18.7. The summed E-state index contributed by atoms with van der Waals surface area (Å²) in [4.78, 5) is 24.4. The van der Waals surface area contributed by atoms with Crippen molar-refractivity contribution >= 4 is 23.5 Å². The molecule has 0 bridgehead atoms. The zero-order valence-electron chi connectivity index (χ0n) is 15.2. The van der Waals surface area contributed by atoms with Crippen molar-refractivity contribution < 1.29 is 14.3 Å². The summed E-state index contributed by atoms with van der Waals surface area (Å²) in [5, 5.41) is 13.8. The first kappa shape index (κ1) is 18.1. The quantitative estimate of drug-likeness (QED) is 0.807. The Morgan fingerprint density at radius 2 is 2.00 bits per heavy atom. The lowest BCUT2D eigenvalue weighted by molar-refractivity contribution is -0.133. The summed E-state index contributed by atoms with van der Waals surface area (Å²) in [7, 11) is 1.73. The molecule has 1 unspecified atom stereocenters. The minimum absolute atomic E-state index is 0.0701. The van der Waals surface area contributed by atoms with Gasteiger partial charge in [0.05, 0.1) is 18.5 Å². The zero-order valence-corrected chi connectivity index (χ0v) is 15.2. The Balaban J connectivity index is 1.64. The van der Waals surface area contributed by atoms with Gasteiger partial charge in [0, 0.05) is 37.7 Å². The summed E-state index contributed by atoms with van der Waals surface area (Å²) in [6.45, 7) is 5.29. The average Bonchev–Trinajstić information content (AvgIpc) is 3.23. The molecule has 1 saturated heterocycles. The Labute approximate surface area is 151 Å². The van der Waals surface area contributed by atoms with Crippen molar-refractivity contribution in [3.8, 4) is 0 Å². The van der Waals surface area contributed by atoms with Crippen LogP contribution in [0.2, 0.25) is 0 Å². The molecule has 0 aromatic carbocycles. The molecule has 140 valence electrons. The van der Waals surface area contributed by atoms with E-state index in [0.717, 1.165) is 25.1 Å². The van der Waals surface area contributed by atoms with Crippen LogP contribution in [0.15, 0.2) is 18.3 Å².